The van der Waals surface area contributed by atoms with Gasteiger partial charge < -0.3 is 4.90 Å². The zero-order chi connectivity index (χ0) is 19.3. The van der Waals surface area contributed by atoms with Crippen molar-refractivity contribution in [3.05, 3.63) is 35.9 Å². The van der Waals surface area contributed by atoms with Gasteiger partial charge in [0.05, 0.1) is 0 Å². The van der Waals surface area contributed by atoms with Crippen molar-refractivity contribution in [1.82, 2.24) is 9.80 Å². The van der Waals surface area contributed by atoms with Crippen molar-refractivity contribution in [2.24, 2.45) is 11.8 Å². The molecule has 5 heteroatoms. The lowest BCUT2D eigenvalue weighted by Crippen LogP contribution is -2.51. The van der Waals surface area contributed by atoms with Gasteiger partial charge in [0.1, 0.15) is 6.04 Å². The molecule has 1 aromatic rings. The number of hydrogen-bond acceptors (Lipinski definition) is 3. The topological polar surface area (TPSA) is 57.7 Å². The maximum atomic E-state index is 13.5. The van der Waals surface area contributed by atoms with E-state index in [1.54, 1.807) is 0 Å². The monoisotopic (exact) mass is 380 g/mol. The van der Waals surface area contributed by atoms with E-state index in [1.807, 2.05) is 23.1 Å². The Labute approximate surface area is 166 Å². The number of benzene rings is 1. The molecule has 2 aliphatic carbocycles. The Bertz CT molecular complexity index is 792. The third kappa shape index (κ3) is 2.96. The van der Waals surface area contributed by atoms with Crippen molar-refractivity contribution in [1.29, 1.82) is 0 Å². The van der Waals surface area contributed by atoms with Crippen LogP contribution in [0.25, 0.3) is 0 Å². The molecule has 3 amide bonds. The van der Waals surface area contributed by atoms with Crippen molar-refractivity contribution in [2.45, 2.75) is 69.4 Å². The van der Waals surface area contributed by atoms with Crippen molar-refractivity contribution < 1.29 is 14.4 Å². The lowest BCUT2D eigenvalue weighted by atomic mass is 9.84. The first-order valence-electron chi connectivity index (χ1n) is 10.9. The van der Waals surface area contributed by atoms with Gasteiger partial charge in [-0.2, -0.15) is 0 Å². The van der Waals surface area contributed by atoms with Gasteiger partial charge in [-0.3, -0.25) is 19.3 Å². The fraction of sp³-hybridized carbons (Fsp3) is 0.609. The van der Waals surface area contributed by atoms with Crippen molar-refractivity contribution >= 4 is 17.7 Å². The van der Waals surface area contributed by atoms with Gasteiger partial charge in [-0.05, 0) is 49.5 Å². The number of carbonyl (C=O) groups excluding carboxylic acids is 3. The first kappa shape index (κ1) is 17.9. The SMILES string of the molecule is O=C1CCCN1C(=O)[C@@H]1C[C@@H]2CCCC[C@@H]2N1C(=O)C1CC1c1ccccc1. The molecule has 1 aromatic carbocycles. The van der Waals surface area contributed by atoms with Crippen LogP contribution in [0.5, 0.6) is 0 Å². The minimum Gasteiger partial charge on any atom is -0.327 e. The largest absolute Gasteiger partial charge is 0.327 e. The Kier molecular flexibility index (Phi) is 4.48. The normalized spacial score (nSPS) is 34.4. The number of imide groups is 1. The second kappa shape index (κ2) is 7.02. The molecule has 2 saturated heterocycles. The first-order chi connectivity index (χ1) is 13.6. The summed E-state index contributed by atoms with van der Waals surface area (Å²) in [5.41, 5.74) is 1.22. The van der Waals surface area contributed by atoms with Crippen molar-refractivity contribution in [3.8, 4) is 0 Å². The smallest absolute Gasteiger partial charge is 0.251 e. The molecular formula is C23H28N2O3. The minimum absolute atomic E-state index is 0.00680. The molecule has 0 aromatic heterocycles. The number of fused-ring (bicyclic) bond motifs is 1. The lowest BCUT2D eigenvalue weighted by Gasteiger charge is -2.34. The highest BCUT2D eigenvalue weighted by atomic mass is 16.2. The van der Waals surface area contributed by atoms with E-state index in [2.05, 4.69) is 12.1 Å². The average Bonchev–Trinajstić information content (AvgIpc) is 3.26. The zero-order valence-corrected chi connectivity index (χ0v) is 16.3. The molecule has 28 heavy (non-hydrogen) atoms. The molecule has 5 nitrogen and oxygen atoms in total. The van der Waals surface area contributed by atoms with Gasteiger partial charge in [0.15, 0.2) is 0 Å². The second-order valence-corrected chi connectivity index (χ2v) is 8.96. The van der Waals surface area contributed by atoms with Crippen LogP contribution < -0.4 is 0 Å². The fourth-order valence-corrected chi connectivity index (χ4v) is 5.79. The van der Waals surface area contributed by atoms with Crippen LogP contribution in [0.3, 0.4) is 0 Å². The molecule has 2 unspecified atom stereocenters. The summed E-state index contributed by atoms with van der Waals surface area (Å²) in [6, 6.07) is 9.98. The Hall–Kier alpha value is -2.17. The summed E-state index contributed by atoms with van der Waals surface area (Å²) >= 11 is 0. The van der Waals surface area contributed by atoms with Gasteiger partial charge in [-0.15, -0.1) is 0 Å². The number of rotatable bonds is 3. The molecule has 0 spiro atoms. The summed E-state index contributed by atoms with van der Waals surface area (Å²) in [7, 11) is 0. The average molecular weight is 380 g/mol. The molecule has 5 rings (SSSR count). The van der Waals surface area contributed by atoms with E-state index in [4.69, 9.17) is 0 Å². The van der Waals surface area contributed by atoms with Gasteiger partial charge in [-0.25, -0.2) is 0 Å². The molecule has 4 aliphatic rings. The summed E-state index contributed by atoms with van der Waals surface area (Å²) in [4.78, 5) is 42.3. The van der Waals surface area contributed by atoms with Gasteiger partial charge in [0.25, 0.3) is 5.91 Å². The number of likely N-dealkylation sites (tertiary alicyclic amines) is 2. The third-order valence-corrected chi connectivity index (χ3v) is 7.30. The van der Waals surface area contributed by atoms with Crippen LogP contribution in [-0.2, 0) is 14.4 Å². The van der Waals surface area contributed by atoms with Gasteiger partial charge in [-0.1, -0.05) is 43.2 Å². The van der Waals surface area contributed by atoms with Crippen molar-refractivity contribution in [3.63, 3.8) is 0 Å². The molecule has 4 fully saturated rings. The Morgan fingerprint density at radius 2 is 1.71 bits per heavy atom. The highest BCUT2D eigenvalue weighted by molar-refractivity contribution is 6.01. The highest BCUT2D eigenvalue weighted by Gasteiger charge is 2.54. The quantitative estimate of drug-likeness (QED) is 0.757. The predicted molar refractivity (Wildman–Crippen MR) is 104 cm³/mol. The van der Waals surface area contributed by atoms with Gasteiger partial charge in [0, 0.05) is 24.9 Å². The maximum Gasteiger partial charge on any atom is 0.251 e. The van der Waals surface area contributed by atoms with Crippen LogP contribution >= 0.6 is 0 Å². The Morgan fingerprint density at radius 1 is 0.929 bits per heavy atom. The Morgan fingerprint density at radius 3 is 2.46 bits per heavy atom. The van der Waals surface area contributed by atoms with Crippen LogP contribution in [0.2, 0.25) is 0 Å². The number of carbonyl (C=O) groups is 3. The first-order valence-corrected chi connectivity index (χ1v) is 10.9. The van der Waals surface area contributed by atoms with E-state index in [0.29, 0.717) is 18.9 Å². The summed E-state index contributed by atoms with van der Waals surface area (Å²) in [5, 5.41) is 0. The molecule has 0 N–H and O–H groups in total. The molecule has 0 bridgehead atoms. The molecule has 0 radical (unpaired) electrons. The predicted octanol–water partition coefficient (Wildman–Crippen LogP) is 3.10. The summed E-state index contributed by atoms with van der Waals surface area (Å²) < 4.78 is 0. The number of nitrogens with zero attached hydrogens (tertiary/aromatic N) is 2. The Balaban J connectivity index is 1.38. The lowest BCUT2D eigenvalue weighted by molar-refractivity contribution is -0.150. The summed E-state index contributed by atoms with van der Waals surface area (Å²) in [6.45, 7) is 0.515. The van der Waals surface area contributed by atoms with Gasteiger partial charge >= 0.3 is 0 Å². The number of amides is 3. The molecular weight excluding hydrogens is 352 g/mol. The third-order valence-electron chi connectivity index (χ3n) is 7.30. The molecule has 2 heterocycles. The van der Waals surface area contributed by atoms with Crippen molar-refractivity contribution in [2.75, 3.05) is 6.54 Å². The second-order valence-electron chi connectivity index (χ2n) is 8.96. The van der Waals surface area contributed by atoms with Crippen LogP contribution in [0.4, 0.5) is 0 Å². The molecule has 5 atom stereocenters. The fourth-order valence-electron chi connectivity index (χ4n) is 5.79. The van der Waals surface area contributed by atoms with E-state index in [-0.39, 0.29) is 35.6 Å². The van der Waals surface area contributed by atoms with Gasteiger partial charge in [0.2, 0.25) is 11.8 Å². The molecule has 2 aliphatic heterocycles. The highest BCUT2D eigenvalue weighted by Crippen LogP contribution is 2.51. The summed E-state index contributed by atoms with van der Waals surface area (Å²) in [6.07, 6.45) is 7.22. The zero-order valence-electron chi connectivity index (χ0n) is 16.3. The van der Waals surface area contributed by atoms with Crippen LogP contribution in [0, 0.1) is 11.8 Å². The number of hydrogen-bond donors (Lipinski definition) is 0. The molecule has 148 valence electrons. The van der Waals surface area contributed by atoms with E-state index in [1.165, 1.54) is 16.9 Å². The minimum atomic E-state index is -0.431. The standard InChI is InChI=1S/C23H28N2O3/c26-21-11-6-12-24(21)23(28)20-13-16-9-4-5-10-19(16)25(20)22(27)18-14-17(18)15-7-2-1-3-8-15/h1-3,7-8,16-20H,4-6,9-14H2/t16-,17?,18?,19-,20-/m0/s1. The van der Waals surface area contributed by atoms with E-state index < -0.39 is 6.04 Å². The van der Waals surface area contributed by atoms with E-state index in [0.717, 1.165) is 38.5 Å². The van der Waals surface area contributed by atoms with Crippen LogP contribution in [0.1, 0.15) is 62.8 Å². The van der Waals surface area contributed by atoms with E-state index >= 15 is 0 Å². The van der Waals surface area contributed by atoms with E-state index in [9.17, 15) is 14.4 Å². The maximum absolute atomic E-state index is 13.5. The van der Waals surface area contributed by atoms with Crippen LogP contribution in [-0.4, -0.2) is 46.1 Å². The summed E-state index contributed by atoms with van der Waals surface area (Å²) in [5.74, 6) is 0.641. The van der Waals surface area contributed by atoms with Crippen LogP contribution in [0.15, 0.2) is 30.3 Å². The molecule has 2 saturated carbocycles.